The van der Waals surface area contributed by atoms with Crippen LogP contribution in [0.3, 0.4) is 0 Å². The van der Waals surface area contributed by atoms with E-state index in [1.54, 1.807) is 0 Å². The lowest BCUT2D eigenvalue weighted by atomic mass is 10.4. The predicted octanol–water partition coefficient (Wildman–Crippen LogP) is 2.60. The van der Waals surface area contributed by atoms with E-state index in [4.69, 9.17) is 0 Å². The first-order valence-electron chi connectivity index (χ1n) is 6.44. The molecule has 96 valence electrons. The van der Waals surface area contributed by atoms with E-state index in [1.165, 1.54) is 31.4 Å². The molecule has 1 aliphatic heterocycles. The van der Waals surface area contributed by atoms with E-state index in [2.05, 4.69) is 42.3 Å². The van der Waals surface area contributed by atoms with Gasteiger partial charge in [0, 0.05) is 19.3 Å². The van der Waals surface area contributed by atoms with Crippen LogP contribution >= 0.6 is 15.9 Å². The molecule has 5 heteroatoms. The minimum Gasteiger partial charge on any atom is -0.326 e. The van der Waals surface area contributed by atoms with Gasteiger partial charge in [-0.25, -0.2) is 4.98 Å². The zero-order valence-electron chi connectivity index (χ0n) is 10.6. The van der Waals surface area contributed by atoms with Crippen molar-refractivity contribution in [1.29, 1.82) is 0 Å². The molecule has 3 rings (SSSR count). The van der Waals surface area contributed by atoms with E-state index in [0.29, 0.717) is 0 Å². The van der Waals surface area contributed by atoms with Crippen molar-refractivity contribution in [2.45, 2.75) is 26.3 Å². The van der Waals surface area contributed by atoms with E-state index in [9.17, 15) is 0 Å². The highest BCUT2D eigenvalue weighted by molar-refractivity contribution is 9.10. The van der Waals surface area contributed by atoms with E-state index in [1.807, 2.05) is 12.4 Å². The standard InChI is InChI=1S/C13H17BrN4/c1-10-16-12-9-15-8-11(14)13(12)18(10)7-6-17-4-2-3-5-17/h8-9H,2-7H2,1H3. The summed E-state index contributed by atoms with van der Waals surface area (Å²) in [4.78, 5) is 11.3. The Morgan fingerprint density at radius 3 is 2.78 bits per heavy atom. The van der Waals surface area contributed by atoms with Crippen LogP contribution < -0.4 is 0 Å². The van der Waals surface area contributed by atoms with Gasteiger partial charge in [-0.3, -0.25) is 4.98 Å². The Morgan fingerprint density at radius 2 is 2.00 bits per heavy atom. The number of imidazole rings is 1. The van der Waals surface area contributed by atoms with Gasteiger partial charge in [-0.05, 0) is 48.8 Å². The molecule has 1 saturated heterocycles. The Hall–Kier alpha value is -0.940. The van der Waals surface area contributed by atoms with Crippen LogP contribution in [0.4, 0.5) is 0 Å². The van der Waals surface area contributed by atoms with Crippen LogP contribution in [0.25, 0.3) is 11.0 Å². The lowest BCUT2D eigenvalue weighted by molar-refractivity contribution is 0.323. The maximum Gasteiger partial charge on any atom is 0.108 e. The van der Waals surface area contributed by atoms with Crippen LogP contribution in [0.15, 0.2) is 16.9 Å². The van der Waals surface area contributed by atoms with Crippen molar-refractivity contribution in [1.82, 2.24) is 19.4 Å². The van der Waals surface area contributed by atoms with Crippen molar-refractivity contribution < 1.29 is 0 Å². The lowest BCUT2D eigenvalue weighted by Crippen LogP contribution is -2.24. The number of aromatic nitrogens is 3. The molecular formula is C13H17BrN4. The normalized spacial score (nSPS) is 16.8. The number of halogens is 1. The van der Waals surface area contributed by atoms with Crippen molar-refractivity contribution in [2.24, 2.45) is 0 Å². The fourth-order valence-corrected chi connectivity index (χ4v) is 3.22. The summed E-state index contributed by atoms with van der Waals surface area (Å²) in [7, 11) is 0. The average Bonchev–Trinajstić information content (AvgIpc) is 2.94. The molecule has 18 heavy (non-hydrogen) atoms. The van der Waals surface area contributed by atoms with Gasteiger partial charge >= 0.3 is 0 Å². The Labute approximate surface area is 115 Å². The van der Waals surface area contributed by atoms with Crippen molar-refractivity contribution >= 4 is 27.0 Å². The molecule has 0 N–H and O–H groups in total. The second kappa shape index (κ2) is 4.97. The highest BCUT2D eigenvalue weighted by Crippen LogP contribution is 2.23. The number of fused-ring (bicyclic) bond motifs is 1. The summed E-state index contributed by atoms with van der Waals surface area (Å²) in [6, 6.07) is 0. The molecule has 0 amide bonds. The minimum absolute atomic E-state index is 0.975. The van der Waals surface area contributed by atoms with Gasteiger partial charge in [-0.2, -0.15) is 0 Å². The molecule has 0 unspecified atom stereocenters. The monoisotopic (exact) mass is 308 g/mol. The van der Waals surface area contributed by atoms with Gasteiger partial charge in [0.2, 0.25) is 0 Å². The third kappa shape index (κ3) is 2.17. The number of pyridine rings is 1. The van der Waals surface area contributed by atoms with E-state index < -0.39 is 0 Å². The van der Waals surface area contributed by atoms with Crippen molar-refractivity contribution in [3.05, 3.63) is 22.7 Å². The first-order chi connectivity index (χ1) is 8.75. The first-order valence-corrected chi connectivity index (χ1v) is 7.24. The molecule has 0 aliphatic carbocycles. The quantitative estimate of drug-likeness (QED) is 0.874. The number of likely N-dealkylation sites (tertiary alicyclic amines) is 1. The number of aryl methyl sites for hydroxylation is 1. The Kier molecular flexibility index (Phi) is 3.35. The van der Waals surface area contributed by atoms with Crippen molar-refractivity contribution in [3.8, 4) is 0 Å². The van der Waals surface area contributed by atoms with Gasteiger partial charge in [0.15, 0.2) is 0 Å². The summed E-state index contributed by atoms with van der Waals surface area (Å²) in [5.41, 5.74) is 2.14. The third-order valence-electron chi connectivity index (χ3n) is 3.63. The van der Waals surface area contributed by atoms with E-state index in [0.717, 1.165) is 28.9 Å². The SMILES string of the molecule is Cc1nc2cncc(Br)c2n1CCN1CCCC1. The van der Waals surface area contributed by atoms with Crippen LogP contribution in [-0.2, 0) is 6.54 Å². The van der Waals surface area contributed by atoms with Crippen molar-refractivity contribution in [3.63, 3.8) is 0 Å². The Balaban J connectivity index is 1.88. The lowest BCUT2D eigenvalue weighted by Gasteiger charge is -2.16. The highest BCUT2D eigenvalue weighted by Gasteiger charge is 2.14. The highest BCUT2D eigenvalue weighted by atomic mass is 79.9. The molecule has 2 aromatic rings. The average molecular weight is 309 g/mol. The van der Waals surface area contributed by atoms with Gasteiger partial charge in [-0.15, -0.1) is 0 Å². The van der Waals surface area contributed by atoms with Crippen molar-refractivity contribution in [2.75, 3.05) is 19.6 Å². The fraction of sp³-hybridized carbons (Fsp3) is 0.538. The van der Waals surface area contributed by atoms with Crippen LogP contribution in [0, 0.1) is 6.92 Å². The number of hydrogen-bond donors (Lipinski definition) is 0. The molecule has 0 spiro atoms. The van der Waals surface area contributed by atoms with Crippen LogP contribution in [0.2, 0.25) is 0 Å². The maximum absolute atomic E-state index is 4.57. The van der Waals surface area contributed by atoms with Gasteiger partial charge in [0.25, 0.3) is 0 Å². The van der Waals surface area contributed by atoms with Crippen LogP contribution in [-0.4, -0.2) is 39.1 Å². The molecule has 0 radical (unpaired) electrons. The summed E-state index contributed by atoms with van der Waals surface area (Å²) in [6.45, 7) is 6.67. The van der Waals surface area contributed by atoms with E-state index >= 15 is 0 Å². The Bertz CT molecular complexity index is 557. The predicted molar refractivity (Wildman–Crippen MR) is 75.6 cm³/mol. The van der Waals surface area contributed by atoms with Gasteiger partial charge < -0.3 is 9.47 Å². The first kappa shape index (κ1) is 12.1. The zero-order valence-corrected chi connectivity index (χ0v) is 12.2. The molecular weight excluding hydrogens is 292 g/mol. The zero-order chi connectivity index (χ0) is 12.5. The molecule has 1 aliphatic rings. The number of rotatable bonds is 3. The molecule has 0 saturated carbocycles. The molecule has 3 heterocycles. The summed E-state index contributed by atoms with van der Waals surface area (Å²) >= 11 is 3.58. The molecule has 1 fully saturated rings. The maximum atomic E-state index is 4.57. The smallest absolute Gasteiger partial charge is 0.108 e. The summed E-state index contributed by atoms with van der Waals surface area (Å²) in [5, 5.41) is 0. The largest absolute Gasteiger partial charge is 0.326 e. The number of hydrogen-bond acceptors (Lipinski definition) is 3. The van der Waals surface area contributed by atoms with Crippen LogP contribution in [0.5, 0.6) is 0 Å². The molecule has 0 aromatic carbocycles. The summed E-state index contributed by atoms with van der Waals surface area (Å²) < 4.78 is 3.32. The molecule has 2 aromatic heterocycles. The van der Waals surface area contributed by atoms with Gasteiger partial charge in [0.1, 0.15) is 11.3 Å². The Morgan fingerprint density at radius 1 is 1.22 bits per heavy atom. The number of nitrogens with zero attached hydrogens (tertiary/aromatic N) is 4. The second-order valence-corrected chi connectivity index (χ2v) is 5.70. The van der Waals surface area contributed by atoms with Crippen LogP contribution in [0.1, 0.15) is 18.7 Å². The summed E-state index contributed by atoms with van der Waals surface area (Å²) in [5.74, 6) is 1.07. The molecule has 0 atom stereocenters. The van der Waals surface area contributed by atoms with Gasteiger partial charge in [0.05, 0.1) is 16.2 Å². The summed E-state index contributed by atoms with van der Waals surface area (Å²) in [6.07, 6.45) is 6.36. The topological polar surface area (TPSA) is 34.0 Å². The third-order valence-corrected chi connectivity index (χ3v) is 4.22. The second-order valence-electron chi connectivity index (χ2n) is 4.85. The fourth-order valence-electron chi connectivity index (χ4n) is 2.68. The molecule has 4 nitrogen and oxygen atoms in total. The van der Waals surface area contributed by atoms with E-state index in [-0.39, 0.29) is 0 Å². The molecule has 0 bridgehead atoms. The van der Waals surface area contributed by atoms with Gasteiger partial charge in [-0.1, -0.05) is 0 Å². The minimum atomic E-state index is 0.975.